The molecule has 0 aliphatic carbocycles. The van der Waals surface area contributed by atoms with E-state index >= 15 is 0 Å². The van der Waals surface area contributed by atoms with Gasteiger partial charge in [-0.3, -0.25) is 0 Å². The Kier molecular flexibility index (Phi) is 10.00. The predicted molar refractivity (Wildman–Crippen MR) is 145 cm³/mol. The minimum atomic E-state index is -0.646. The van der Waals surface area contributed by atoms with E-state index < -0.39 is 12.6 Å². The number of rotatable bonds is 12. The molecule has 0 atom stereocenters. The molecule has 3 aromatic carbocycles. The number of aliphatic hydroxyl groups excluding tert-OH is 1. The van der Waals surface area contributed by atoms with Crippen molar-refractivity contribution in [2.45, 2.75) is 13.3 Å². The van der Waals surface area contributed by atoms with Crippen LogP contribution in [0.15, 0.2) is 97.1 Å². The summed E-state index contributed by atoms with van der Waals surface area (Å²) in [5.41, 5.74) is 4.51. The summed E-state index contributed by atoms with van der Waals surface area (Å²) in [6.07, 6.45) is 4.67. The average Bonchev–Trinajstić information content (AvgIpc) is 2.92. The van der Waals surface area contributed by atoms with Crippen LogP contribution in [0.25, 0.3) is 23.3 Å². The Bertz CT molecular complexity index is 1250. The van der Waals surface area contributed by atoms with Crippen LogP contribution in [0.2, 0.25) is 0 Å². The monoisotopic (exact) mass is 498 g/mol. The van der Waals surface area contributed by atoms with Crippen molar-refractivity contribution in [2.24, 2.45) is 0 Å². The van der Waals surface area contributed by atoms with Crippen LogP contribution >= 0.6 is 0 Å². The summed E-state index contributed by atoms with van der Waals surface area (Å²) < 4.78 is 15.9. The summed E-state index contributed by atoms with van der Waals surface area (Å²) in [6, 6.07) is 23.0. The zero-order valence-electron chi connectivity index (χ0n) is 20.8. The number of hydrogen-bond acceptors (Lipinski definition) is 6. The van der Waals surface area contributed by atoms with E-state index in [0.29, 0.717) is 31.0 Å². The van der Waals surface area contributed by atoms with Gasteiger partial charge in [-0.25, -0.2) is 9.59 Å². The maximum Gasteiger partial charge on any atom is 0.341 e. The number of aliphatic hydroxyl groups is 1. The molecule has 0 aromatic heterocycles. The van der Waals surface area contributed by atoms with E-state index in [1.165, 1.54) is 0 Å². The number of hydrogen-bond donors (Lipinski definition) is 1. The third-order valence-electron chi connectivity index (χ3n) is 5.28. The predicted octanol–water partition coefficient (Wildman–Crippen LogP) is 5.87. The fourth-order valence-corrected chi connectivity index (χ4v) is 3.15. The van der Waals surface area contributed by atoms with E-state index in [9.17, 15) is 9.59 Å². The van der Waals surface area contributed by atoms with Gasteiger partial charge in [-0.1, -0.05) is 73.8 Å². The van der Waals surface area contributed by atoms with Gasteiger partial charge in [0.15, 0.2) is 0 Å². The van der Waals surface area contributed by atoms with E-state index in [0.717, 1.165) is 28.0 Å². The van der Waals surface area contributed by atoms with Crippen molar-refractivity contribution >= 4 is 24.1 Å². The number of ether oxygens (including phenoxy) is 3. The van der Waals surface area contributed by atoms with E-state index in [2.05, 4.69) is 13.2 Å². The molecule has 0 spiro atoms. The van der Waals surface area contributed by atoms with Gasteiger partial charge in [0.1, 0.15) is 11.5 Å². The molecule has 0 radical (unpaired) electrons. The third kappa shape index (κ3) is 8.63. The molecule has 0 fully saturated rings. The normalized spacial score (nSPS) is 10.6. The fourth-order valence-electron chi connectivity index (χ4n) is 3.15. The van der Waals surface area contributed by atoms with Crippen LogP contribution in [0, 0.1) is 0 Å². The third-order valence-corrected chi connectivity index (χ3v) is 5.28. The molecule has 190 valence electrons. The molecule has 1 N–H and O–H groups in total. The number of benzene rings is 3. The number of carbonyl (C=O) groups excluding carboxylic acids is 2. The van der Waals surface area contributed by atoms with Gasteiger partial charge >= 0.3 is 11.9 Å². The Morgan fingerprint density at radius 2 is 1.27 bits per heavy atom. The maximum absolute atomic E-state index is 11.7. The van der Waals surface area contributed by atoms with Gasteiger partial charge in [0.25, 0.3) is 0 Å². The van der Waals surface area contributed by atoms with Crippen LogP contribution in [0.1, 0.15) is 24.5 Å². The first-order valence-electron chi connectivity index (χ1n) is 11.8. The van der Waals surface area contributed by atoms with E-state index in [-0.39, 0.29) is 11.5 Å². The molecular weight excluding hydrogens is 468 g/mol. The molecule has 0 unspecified atom stereocenters. The van der Waals surface area contributed by atoms with Crippen molar-refractivity contribution in [3.63, 3.8) is 0 Å². The number of carbonyl (C=O) groups is 2. The fraction of sp³-hybridized carbons (Fsp3) is 0.161. The Balaban J connectivity index is 1.48. The highest BCUT2D eigenvalue weighted by atomic mass is 16.5. The Hall–Kier alpha value is -4.42. The van der Waals surface area contributed by atoms with Crippen molar-refractivity contribution in [1.82, 2.24) is 0 Å². The lowest BCUT2D eigenvalue weighted by atomic mass is 10.0. The lowest BCUT2D eigenvalue weighted by Crippen LogP contribution is -2.12. The van der Waals surface area contributed by atoms with E-state index in [1.54, 1.807) is 19.1 Å². The topological polar surface area (TPSA) is 82.1 Å². The van der Waals surface area contributed by atoms with E-state index in [1.807, 2.05) is 72.8 Å². The summed E-state index contributed by atoms with van der Waals surface area (Å²) in [4.78, 5) is 23.0. The quantitative estimate of drug-likeness (QED) is 0.111. The smallest absolute Gasteiger partial charge is 0.341 e. The Morgan fingerprint density at radius 3 is 1.81 bits per heavy atom. The second-order valence-electron chi connectivity index (χ2n) is 8.32. The lowest BCUT2D eigenvalue weighted by molar-refractivity contribution is -0.139. The molecule has 6 heteroatoms. The van der Waals surface area contributed by atoms with Crippen LogP contribution in [0.3, 0.4) is 0 Å². The Labute approximate surface area is 217 Å². The zero-order chi connectivity index (χ0) is 26.6. The van der Waals surface area contributed by atoms with Gasteiger partial charge in [0.2, 0.25) is 0 Å². The molecule has 3 rings (SSSR count). The Morgan fingerprint density at radius 1 is 0.757 bits per heavy atom. The first-order valence-corrected chi connectivity index (χ1v) is 11.8. The molecular formula is C31H30O6. The molecule has 0 saturated heterocycles. The van der Waals surface area contributed by atoms with Crippen LogP contribution in [-0.4, -0.2) is 36.9 Å². The highest BCUT2D eigenvalue weighted by Crippen LogP contribution is 2.24. The molecule has 0 amide bonds. The molecule has 0 bridgehead atoms. The molecule has 0 heterocycles. The molecule has 6 nitrogen and oxygen atoms in total. The van der Waals surface area contributed by atoms with E-state index in [4.69, 9.17) is 19.3 Å². The van der Waals surface area contributed by atoms with Gasteiger partial charge in [-0.15, -0.1) is 0 Å². The first kappa shape index (κ1) is 27.2. The summed E-state index contributed by atoms with van der Waals surface area (Å²) in [5, 5.41) is 8.96. The van der Waals surface area contributed by atoms with Crippen LogP contribution < -0.4 is 9.47 Å². The summed E-state index contributed by atoms with van der Waals surface area (Å²) >= 11 is 0. The standard InChI is InChI=1S/C31H30O6/c1-22(2)30(33)36-20-4-19-35-28-15-9-25(10-16-28)6-5-24-7-11-26(12-8-24)27-13-17-29(18-14-27)37-31(34)23(3)21-32/h5-18,32H,1,3-4,19-21H2,2H3/b6-5+. The van der Waals surface area contributed by atoms with Crippen molar-refractivity contribution < 1.29 is 28.9 Å². The van der Waals surface area contributed by atoms with Crippen molar-refractivity contribution in [3.8, 4) is 22.6 Å². The summed E-state index contributed by atoms with van der Waals surface area (Å²) in [6.45, 7) is 8.94. The van der Waals surface area contributed by atoms with Crippen molar-refractivity contribution in [2.75, 3.05) is 19.8 Å². The largest absolute Gasteiger partial charge is 0.493 e. The molecule has 0 aliphatic heterocycles. The lowest BCUT2D eigenvalue weighted by Gasteiger charge is -2.07. The SMILES string of the molecule is C=C(C)C(=O)OCCCOc1ccc(/C=C/c2ccc(-c3ccc(OC(=O)C(=C)CO)cc3)cc2)cc1. The number of esters is 2. The van der Waals surface area contributed by atoms with Gasteiger partial charge in [0.05, 0.1) is 25.4 Å². The van der Waals surface area contributed by atoms with Gasteiger partial charge < -0.3 is 19.3 Å². The summed E-state index contributed by atoms with van der Waals surface area (Å²) in [7, 11) is 0. The van der Waals surface area contributed by atoms with Crippen LogP contribution in [-0.2, 0) is 14.3 Å². The van der Waals surface area contributed by atoms with Gasteiger partial charge in [-0.05, 0) is 53.4 Å². The highest BCUT2D eigenvalue weighted by molar-refractivity contribution is 5.89. The average molecular weight is 499 g/mol. The van der Waals surface area contributed by atoms with Crippen molar-refractivity contribution in [1.29, 1.82) is 0 Å². The van der Waals surface area contributed by atoms with Gasteiger partial charge in [0, 0.05) is 12.0 Å². The minimum Gasteiger partial charge on any atom is -0.493 e. The van der Waals surface area contributed by atoms with Gasteiger partial charge in [-0.2, -0.15) is 0 Å². The zero-order valence-corrected chi connectivity index (χ0v) is 20.8. The van der Waals surface area contributed by atoms with Crippen LogP contribution in [0.4, 0.5) is 0 Å². The minimum absolute atomic E-state index is 0.00717. The molecule has 0 aliphatic rings. The molecule has 37 heavy (non-hydrogen) atoms. The first-order chi connectivity index (χ1) is 17.9. The second-order valence-corrected chi connectivity index (χ2v) is 8.32. The maximum atomic E-state index is 11.7. The molecule has 0 saturated carbocycles. The van der Waals surface area contributed by atoms with Crippen LogP contribution in [0.5, 0.6) is 11.5 Å². The summed E-state index contributed by atoms with van der Waals surface area (Å²) in [5.74, 6) is 0.120. The molecule has 3 aromatic rings. The van der Waals surface area contributed by atoms with Crippen molar-refractivity contribution in [3.05, 3.63) is 108 Å². The second kappa shape index (κ2) is 13.6. The highest BCUT2D eigenvalue weighted by Gasteiger charge is 2.09.